The second-order valence-electron chi connectivity index (χ2n) is 5.23. The van der Waals surface area contributed by atoms with Crippen LogP contribution in [-0.2, 0) is 0 Å². The van der Waals surface area contributed by atoms with E-state index in [0.29, 0.717) is 0 Å². The molecule has 3 heterocycles. The minimum atomic E-state index is 0.980. The van der Waals surface area contributed by atoms with Crippen molar-refractivity contribution in [3.05, 3.63) is 48.8 Å². The van der Waals surface area contributed by atoms with Gasteiger partial charge in [-0.1, -0.05) is 24.3 Å². The highest BCUT2D eigenvalue weighted by atomic mass is 32.1. The molecular weight excluding hydrogens is 306 g/mol. The van der Waals surface area contributed by atoms with Gasteiger partial charge >= 0.3 is 0 Å². The number of hydrogen-bond acceptors (Lipinski definition) is 4. The van der Waals surface area contributed by atoms with Crippen LogP contribution in [0.3, 0.4) is 0 Å². The minimum Gasteiger partial charge on any atom is -0.252 e. The molecule has 0 fully saturated rings. The Labute approximate surface area is 138 Å². The van der Waals surface area contributed by atoms with Crippen LogP contribution in [0.2, 0.25) is 0 Å². The van der Waals surface area contributed by atoms with Crippen LogP contribution in [0.15, 0.2) is 48.8 Å². The molecule has 0 saturated heterocycles. The summed E-state index contributed by atoms with van der Waals surface area (Å²) in [5.41, 5.74) is 4.29. The molecule has 22 heavy (non-hydrogen) atoms. The Hall–Kier alpha value is -1.91. The highest BCUT2D eigenvalue weighted by molar-refractivity contribution is 7.23. The number of nitrogens with zero attached hydrogens (tertiary/aromatic N) is 2. The van der Waals surface area contributed by atoms with E-state index in [0.717, 1.165) is 11.0 Å². The van der Waals surface area contributed by atoms with Crippen molar-refractivity contribution < 1.29 is 0 Å². The Morgan fingerprint density at radius 3 is 1.45 bits per heavy atom. The molecule has 1 aromatic carbocycles. The Balaban J connectivity index is 1.99. The van der Waals surface area contributed by atoms with Gasteiger partial charge in [0.1, 0.15) is 0 Å². The Bertz CT molecular complexity index is 896. The van der Waals surface area contributed by atoms with Gasteiger partial charge in [-0.25, -0.2) is 0 Å². The molecule has 0 atom stereocenters. The number of fused-ring (bicyclic) bond motifs is 1. The number of rotatable bonds is 2. The first-order valence-electron chi connectivity index (χ1n) is 7.10. The fourth-order valence-corrected chi connectivity index (χ4v) is 4.40. The molecule has 0 radical (unpaired) electrons. The average molecular weight is 318 g/mol. The summed E-state index contributed by atoms with van der Waals surface area (Å²) in [6, 6.07) is 13.0. The van der Waals surface area contributed by atoms with Gasteiger partial charge in [0.25, 0.3) is 0 Å². The van der Waals surface area contributed by atoms with Crippen LogP contribution >= 0.6 is 22.7 Å². The highest BCUT2D eigenvalue weighted by Crippen LogP contribution is 2.35. The van der Waals surface area contributed by atoms with Crippen LogP contribution in [0.5, 0.6) is 0 Å². The first-order chi connectivity index (χ1) is 10.7. The smallest absolute Gasteiger partial charge is 0.152 e. The molecule has 0 N–H and O–H groups in total. The van der Waals surface area contributed by atoms with Crippen molar-refractivity contribution in [1.82, 2.24) is 9.97 Å². The van der Waals surface area contributed by atoms with E-state index in [4.69, 9.17) is 0 Å². The fraction of sp³-hybridized carbons (Fsp3) is 0. The zero-order valence-corrected chi connectivity index (χ0v) is 14.0. The van der Waals surface area contributed by atoms with E-state index < -0.39 is 0 Å². The van der Waals surface area contributed by atoms with Crippen LogP contribution in [-0.4, -0.2) is 25.7 Å². The summed E-state index contributed by atoms with van der Waals surface area (Å²) < 4.78 is 2.62. The topological polar surface area (TPSA) is 25.8 Å². The second kappa shape index (κ2) is 5.38. The molecule has 4 aromatic rings. The highest BCUT2D eigenvalue weighted by Gasteiger charge is 2.13. The SMILES string of the molecule is Bc1ccc(-c2ccc(-c3ccc(B)s3)c3nccnc23)s1. The normalized spacial score (nSPS) is 11.1. The summed E-state index contributed by atoms with van der Waals surface area (Å²) >= 11 is 3.59. The Kier molecular flexibility index (Phi) is 3.36. The molecule has 4 rings (SSSR count). The predicted octanol–water partition coefficient (Wildman–Crippen LogP) is 1.60. The first-order valence-corrected chi connectivity index (χ1v) is 8.73. The van der Waals surface area contributed by atoms with Crippen LogP contribution < -0.4 is 9.55 Å². The summed E-state index contributed by atoms with van der Waals surface area (Å²) in [6.45, 7) is 0. The molecule has 0 bridgehead atoms. The second-order valence-corrected chi connectivity index (χ2v) is 7.81. The zero-order valence-electron chi connectivity index (χ0n) is 12.3. The largest absolute Gasteiger partial charge is 0.252 e. The lowest BCUT2D eigenvalue weighted by Gasteiger charge is -2.07. The molecule has 2 nitrogen and oxygen atoms in total. The lowest BCUT2D eigenvalue weighted by molar-refractivity contribution is 1.30. The molecule has 0 aliphatic rings. The summed E-state index contributed by atoms with van der Waals surface area (Å²) in [6.07, 6.45) is 3.55. The number of thiophene rings is 2. The summed E-state index contributed by atoms with van der Waals surface area (Å²) in [4.78, 5) is 11.7. The maximum Gasteiger partial charge on any atom is 0.152 e. The van der Waals surface area contributed by atoms with Crippen molar-refractivity contribution in [2.45, 2.75) is 0 Å². The lowest BCUT2D eigenvalue weighted by atomic mass is 10.0. The van der Waals surface area contributed by atoms with E-state index >= 15 is 0 Å². The monoisotopic (exact) mass is 318 g/mol. The Morgan fingerprint density at radius 2 is 1.09 bits per heavy atom. The average Bonchev–Trinajstić information content (AvgIpc) is 3.15. The molecule has 3 aromatic heterocycles. The third kappa shape index (κ3) is 2.28. The maximum absolute atomic E-state index is 4.61. The van der Waals surface area contributed by atoms with Gasteiger partial charge in [-0.05, 0) is 21.7 Å². The van der Waals surface area contributed by atoms with Gasteiger partial charge in [-0.3, -0.25) is 9.97 Å². The lowest BCUT2D eigenvalue weighted by Crippen LogP contribution is -1.91. The van der Waals surface area contributed by atoms with Crippen molar-refractivity contribution in [2.75, 3.05) is 0 Å². The quantitative estimate of drug-likeness (QED) is 0.525. The van der Waals surface area contributed by atoms with E-state index in [1.54, 1.807) is 35.1 Å². The van der Waals surface area contributed by atoms with E-state index in [1.165, 1.54) is 30.4 Å². The van der Waals surface area contributed by atoms with Crippen LogP contribution in [0, 0.1) is 0 Å². The predicted molar refractivity (Wildman–Crippen MR) is 103 cm³/mol. The van der Waals surface area contributed by atoms with Crippen molar-refractivity contribution in [2.24, 2.45) is 0 Å². The summed E-state index contributed by atoms with van der Waals surface area (Å²) in [5.74, 6) is 0. The standard InChI is InChI=1S/C16H12B2N2S2/c17-13-5-3-11(21-13)9-1-2-10(12-4-6-14(18)22-12)16-15(9)19-7-8-20-16/h1-8H,17-18H2. The molecular formula is C16H12B2N2S2. The molecule has 0 aliphatic heterocycles. The number of aromatic nitrogens is 2. The van der Waals surface area contributed by atoms with Gasteiger partial charge in [0.05, 0.1) is 11.0 Å². The minimum absolute atomic E-state index is 0.980. The molecule has 0 aliphatic carbocycles. The maximum atomic E-state index is 4.61. The van der Waals surface area contributed by atoms with Crippen LogP contribution in [0.25, 0.3) is 31.9 Å². The molecule has 0 saturated carbocycles. The third-order valence-electron chi connectivity index (χ3n) is 3.64. The van der Waals surface area contributed by atoms with Crippen molar-refractivity contribution in [3.8, 4) is 20.9 Å². The van der Waals surface area contributed by atoms with Gasteiger partial charge in [-0.15, -0.1) is 0 Å². The first kappa shape index (κ1) is 13.7. The number of benzene rings is 1. The van der Waals surface area contributed by atoms with Crippen LogP contribution in [0.1, 0.15) is 0 Å². The molecule has 0 amide bonds. The van der Waals surface area contributed by atoms with Gasteiger partial charge in [0.15, 0.2) is 15.7 Å². The van der Waals surface area contributed by atoms with Gasteiger partial charge < -0.3 is 0 Å². The van der Waals surface area contributed by atoms with Crippen molar-refractivity contribution >= 4 is 59.0 Å². The zero-order chi connectivity index (χ0) is 15.1. The fourth-order valence-electron chi connectivity index (χ4n) is 2.61. The Morgan fingerprint density at radius 1 is 0.636 bits per heavy atom. The van der Waals surface area contributed by atoms with Crippen molar-refractivity contribution in [3.63, 3.8) is 0 Å². The van der Waals surface area contributed by atoms with Crippen LogP contribution in [0.4, 0.5) is 0 Å². The molecule has 0 unspecified atom stereocenters. The van der Waals surface area contributed by atoms with Gasteiger partial charge in [0.2, 0.25) is 0 Å². The molecule has 104 valence electrons. The van der Waals surface area contributed by atoms with E-state index in [9.17, 15) is 0 Å². The van der Waals surface area contributed by atoms with Gasteiger partial charge in [0, 0.05) is 33.3 Å². The summed E-state index contributed by atoms with van der Waals surface area (Å²) in [5, 5.41) is 0. The van der Waals surface area contributed by atoms with E-state index in [-0.39, 0.29) is 0 Å². The summed E-state index contributed by atoms with van der Waals surface area (Å²) in [7, 11) is 4.26. The van der Waals surface area contributed by atoms with E-state index in [2.05, 4.69) is 62.1 Å². The molecule has 6 heteroatoms. The molecule has 0 spiro atoms. The van der Waals surface area contributed by atoms with E-state index in [1.807, 2.05) is 0 Å². The third-order valence-corrected chi connectivity index (χ3v) is 5.70. The van der Waals surface area contributed by atoms with Gasteiger partial charge in [-0.2, -0.15) is 22.7 Å². The number of hydrogen-bond donors (Lipinski definition) is 0. The van der Waals surface area contributed by atoms with Crippen molar-refractivity contribution in [1.29, 1.82) is 0 Å².